The number of para-hydroxylation sites is 1. The van der Waals surface area contributed by atoms with Crippen LogP contribution < -0.4 is 4.74 Å². The van der Waals surface area contributed by atoms with Crippen LogP contribution in [0.15, 0.2) is 41.1 Å². The topological polar surface area (TPSA) is 55.8 Å². The highest BCUT2D eigenvalue weighted by Crippen LogP contribution is 2.38. The molecule has 0 atom stereocenters. The van der Waals surface area contributed by atoms with E-state index in [1.165, 1.54) is 7.11 Å². The molecule has 25 heavy (non-hydrogen) atoms. The summed E-state index contributed by atoms with van der Waals surface area (Å²) in [5.74, 6) is 0.0483. The minimum absolute atomic E-state index is 0.129. The van der Waals surface area contributed by atoms with Gasteiger partial charge in [0.2, 0.25) is 0 Å². The van der Waals surface area contributed by atoms with Crippen molar-refractivity contribution in [1.82, 2.24) is 4.90 Å². The SMILES string of the molecule is COC(=O)C1=C(C)N(C2CCCC2)C(=O)/C1=C\c1ccccc1OC. The number of hydrogen-bond acceptors (Lipinski definition) is 4. The number of carbonyl (C=O) groups excluding carboxylic acids is 2. The Morgan fingerprint density at radius 2 is 1.88 bits per heavy atom. The predicted octanol–water partition coefficient (Wildman–Crippen LogP) is 3.31. The number of esters is 1. The molecule has 5 heteroatoms. The smallest absolute Gasteiger partial charge is 0.340 e. The summed E-state index contributed by atoms with van der Waals surface area (Å²) in [7, 11) is 2.92. The van der Waals surface area contributed by atoms with Crippen molar-refractivity contribution in [3.8, 4) is 5.75 Å². The summed E-state index contributed by atoms with van der Waals surface area (Å²) >= 11 is 0. The van der Waals surface area contributed by atoms with Crippen LogP contribution in [0.4, 0.5) is 0 Å². The Bertz CT molecular complexity index is 757. The van der Waals surface area contributed by atoms with Gasteiger partial charge in [-0.2, -0.15) is 0 Å². The number of amides is 1. The number of ether oxygens (including phenoxy) is 2. The van der Waals surface area contributed by atoms with Gasteiger partial charge >= 0.3 is 5.97 Å². The van der Waals surface area contributed by atoms with E-state index in [0.717, 1.165) is 31.2 Å². The van der Waals surface area contributed by atoms with Crippen LogP contribution in [0.2, 0.25) is 0 Å². The highest BCUT2D eigenvalue weighted by atomic mass is 16.5. The van der Waals surface area contributed by atoms with Crippen LogP contribution in [-0.2, 0) is 14.3 Å². The van der Waals surface area contributed by atoms with Crippen molar-refractivity contribution >= 4 is 18.0 Å². The monoisotopic (exact) mass is 341 g/mol. The fourth-order valence-electron chi connectivity index (χ4n) is 3.74. The average Bonchev–Trinajstić information content (AvgIpc) is 3.22. The van der Waals surface area contributed by atoms with Crippen molar-refractivity contribution < 1.29 is 19.1 Å². The number of carbonyl (C=O) groups is 2. The molecule has 1 fully saturated rings. The van der Waals surface area contributed by atoms with E-state index in [1.54, 1.807) is 18.1 Å². The summed E-state index contributed by atoms with van der Waals surface area (Å²) < 4.78 is 10.3. The molecule has 1 aliphatic carbocycles. The van der Waals surface area contributed by atoms with Crippen molar-refractivity contribution in [2.24, 2.45) is 0 Å². The summed E-state index contributed by atoms with van der Waals surface area (Å²) in [6.07, 6.45) is 5.90. The number of rotatable bonds is 4. The molecule has 1 amide bonds. The van der Waals surface area contributed by atoms with Gasteiger partial charge in [-0.3, -0.25) is 4.79 Å². The molecular weight excluding hydrogens is 318 g/mol. The normalized spacial score (nSPS) is 19.9. The van der Waals surface area contributed by atoms with Crippen molar-refractivity contribution in [2.75, 3.05) is 14.2 Å². The molecule has 1 aromatic rings. The van der Waals surface area contributed by atoms with Gasteiger partial charge in [0.15, 0.2) is 0 Å². The predicted molar refractivity (Wildman–Crippen MR) is 94.8 cm³/mol. The lowest BCUT2D eigenvalue weighted by molar-refractivity contribution is -0.136. The first kappa shape index (κ1) is 17.3. The first-order valence-corrected chi connectivity index (χ1v) is 8.56. The van der Waals surface area contributed by atoms with E-state index in [0.29, 0.717) is 22.6 Å². The lowest BCUT2D eigenvalue weighted by Gasteiger charge is -2.25. The molecule has 5 nitrogen and oxygen atoms in total. The third-order valence-corrected chi connectivity index (χ3v) is 4.96. The zero-order valence-corrected chi connectivity index (χ0v) is 14.9. The van der Waals surface area contributed by atoms with Gasteiger partial charge in [0.05, 0.1) is 25.4 Å². The maximum absolute atomic E-state index is 13.1. The van der Waals surface area contributed by atoms with Gasteiger partial charge in [0, 0.05) is 17.3 Å². The molecule has 0 aromatic heterocycles. The van der Waals surface area contributed by atoms with Crippen LogP contribution in [0.1, 0.15) is 38.2 Å². The van der Waals surface area contributed by atoms with Crippen LogP contribution in [0, 0.1) is 0 Å². The van der Waals surface area contributed by atoms with Gasteiger partial charge in [0.1, 0.15) is 5.75 Å². The molecule has 0 bridgehead atoms. The quantitative estimate of drug-likeness (QED) is 0.623. The molecule has 1 saturated carbocycles. The molecule has 0 N–H and O–H groups in total. The minimum atomic E-state index is -0.479. The number of allylic oxidation sites excluding steroid dienone is 1. The second-order valence-electron chi connectivity index (χ2n) is 6.37. The number of hydrogen-bond donors (Lipinski definition) is 0. The lowest BCUT2D eigenvalue weighted by Crippen LogP contribution is -2.34. The van der Waals surface area contributed by atoms with Crippen LogP contribution in [0.3, 0.4) is 0 Å². The third-order valence-electron chi connectivity index (χ3n) is 4.96. The van der Waals surface area contributed by atoms with E-state index in [4.69, 9.17) is 9.47 Å². The highest BCUT2D eigenvalue weighted by Gasteiger charge is 2.41. The summed E-state index contributed by atoms with van der Waals surface area (Å²) in [5, 5.41) is 0. The molecular formula is C20H23NO4. The third kappa shape index (κ3) is 3.06. The Labute approximate surface area is 147 Å². The van der Waals surface area contributed by atoms with Gasteiger partial charge in [0.25, 0.3) is 5.91 Å². The van der Waals surface area contributed by atoms with Gasteiger partial charge in [-0.15, -0.1) is 0 Å². The van der Waals surface area contributed by atoms with Crippen molar-refractivity contribution in [1.29, 1.82) is 0 Å². The number of nitrogens with zero attached hydrogens (tertiary/aromatic N) is 1. The second-order valence-corrected chi connectivity index (χ2v) is 6.37. The van der Waals surface area contributed by atoms with E-state index in [-0.39, 0.29) is 11.9 Å². The van der Waals surface area contributed by atoms with E-state index < -0.39 is 5.97 Å². The van der Waals surface area contributed by atoms with Gasteiger partial charge in [-0.05, 0) is 31.9 Å². The molecule has 0 saturated heterocycles. The van der Waals surface area contributed by atoms with Crippen LogP contribution in [0.25, 0.3) is 6.08 Å². The molecule has 0 radical (unpaired) electrons. The van der Waals surface area contributed by atoms with Crippen molar-refractivity contribution in [2.45, 2.75) is 38.6 Å². The standard InChI is InChI=1S/C20H23NO4/c1-13-18(20(23)25-3)16(12-14-8-4-7-11-17(14)24-2)19(22)21(13)15-9-5-6-10-15/h4,7-8,11-12,15H,5-6,9-10H2,1-3H3/b16-12-. The van der Waals surface area contributed by atoms with Crippen molar-refractivity contribution in [3.05, 3.63) is 46.7 Å². The Kier molecular flexibility index (Phi) is 4.93. The highest BCUT2D eigenvalue weighted by molar-refractivity contribution is 6.16. The van der Waals surface area contributed by atoms with Crippen LogP contribution in [0.5, 0.6) is 5.75 Å². The lowest BCUT2D eigenvalue weighted by atomic mass is 10.0. The molecule has 0 spiro atoms. The Balaban J connectivity index is 2.09. The average molecular weight is 341 g/mol. The summed E-state index contributed by atoms with van der Waals surface area (Å²) in [5.41, 5.74) is 2.17. The summed E-state index contributed by atoms with van der Waals surface area (Å²) in [6.45, 7) is 1.82. The Morgan fingerprint density at radius 3 is 2.52 bits per heavy atom. The molecule has 1 aliphatic heterocycles. The molecule has 1 aromatic carbocycles. The van der Waals surface area contributed by atoms with Crippen LogP contribution >= 0.6 is 0 Å². The maximum Gasteiger partial charge on any atom is 0.340 e. The first-order chi connectivity index (χ1) is 12.1. The summed E-state index contributed by atoms with van der Waals surface area (Å²) in [6, 6.07) is 7.59. The second kappa shape index (κ2) is 7.13. The summed E-state index contributed by atoms with van der Waals surface area (Å²) in [4.78, 5) is 27.2. The Hall–Kier alpha value is -2.56. The van der Waals surface area contributed by atoms with Gasteiger partial charge in [-0.1, -0.05) is 31.0 Å². The van der Waals surface area contributed by atoms with Gasteiger partial charge < -0.3 is 14.4 Å². The Morgan fingerprint density at radius 1 is 1.20 bits per heavy atom. The fourth-order valence-corrected chi connectivity index (χ4v) is 3.74. The van der Waals surface area contributed by atoms with E-state index in [2.05, 4.69) is 0 Å². The molecule has 0 unspecified atom stereocenters. The van der Waals surface area contributed by atoms with Gasteiger partial charge in [-0.25, -0.2) is 4.79 Å². The minimum Gasteiger partial charge on any atom is -0.496 e. The first-order valence-electron chi connectivity index (χ1n) is 8.56. The molecule has 3 rings (SSSR count). The fraction of sp³-hybridized carbons (Fsp3) is 0.400. The molecule has 132 valence electrons. The van der Waals surface area contributed by atoms with E-state index in [9.17, 15) is 9.59 Å². The molecule has 2 aliphatic rings. The number of benzene rings is 1. The maximum atomic E-state index is 13.1. The van der Waals surface area contributed by atoms with E-state index >= 15 is 0 Å². The largest absolute Gasteiger partial charge is 0.496 e. The van der Waals surface area contributed by atoms with E-state index in [1.807, 2.05) is 31.2 Å². The van der Waals surface area contributed by atoms with Crippen LogP contribution in [-0.4, -0.2) is 37.0 Å². The molecule has 1 heterocycles. The van der Waals surface area contributed by atoms with Crippen molar-refractivity contribution in [3.63, 3.8) is 0 Å². The zero-order chi connectivity index (χ0) is 18.0. The zero-order valence-electron chi connectivity index (χ0n) is 14.9. The number of methoxy groups -OCH3 is 2.